The summed E-state index contributed by atoms with van der Waals surface area (Å²) >= 11 is 0. The van der Waals surface area contributed by atoms with E-state index >= 15 is 0 Å². The standard InChI is InChI=1S/C25H43N7O6/c1-9-16(2)20(27-22(35)37-24(3,4)5)17-15-32(29-28-17)18(14-19(26)33)21(34)30-10-12-31(13-11-30)23(36)38-25(6,7)8/h15-16,18,20H,9-14H2,1-8H3,(H2,26,33)(H,27,35)/t16-,18-,20+/m0/s1. The molecule has 4 amide bonds. The predicted octanol–water partition coefficient (Wildman–Crippen LogP) is 2.39. The molecule has 0 saturated carbocycles. The van der Waals surface area contributed by atoms with Gasteiger partial charge in [-0.2, -0.15) is 0 Å². The Morgan fingerprint density at radius 1 is 1.00 bits per heavy atom. The van der Waals surface area contributed by atoms with Crippen molar-refractivity contribution in [3.8, 4) is 0 Å². The number of amides is 4. The first kappa shape index (κ1) is 30.8. The maximum absolute atomic E-state index is 13.4. The maximum Gasteiger partial charge on any atom is 0.410 e. The van der Waals surface area contributed by atoms with Crippen LogP contribution in [0.5, 0.6) is 0 Å². The Morgan fingerprint density at radius 3 is 2.05 bits per heavy atom. The van der Waals surface area contributed by atoms with Crippen molar-refractivity contribution in [1.82, 2.24) is 30.1 Å². The molecule has 3 atom stereocenters. The van der Waals surface area contributed by atoms with Crippen LogP contribution in [0.2, 0.25) is 0 Å². The van der Waals surface area contributed by atoms with Gasteiger partial charge < -0.3 is 30.3 Å². The average molecular weight is 538 g/mol. The summed E-state index contributed by atoms with van der Waals surface area (Å²) in [6.07, 6.45) is 0.981. The molecule has 0 radical (unpaired) electrons. The van der Waals surface area contributed by atoms with E-state index in [1.165, 1.54) is 4.68 Å². The minimum atomic E-state index is -1.01. The Hall–Kier alpha value is -3.38. The molecule has 1 saturated heterocycles. The highest BCUT2D eigenvalue weighted by Crippen LogP contribution is 2.25. The summed E-state index contributed by atoms with van der Waals surface area (Å²) in [7, 11) is 0. The Balaban J connectivity index is 2.19. The third-order valence-corrected chi connectivity index (χ3v) is 5.97. The van der Waals surface area contributed by atoms with Gasteiger partial charge in [-0.1, -0.05) is 25.5 Å². The fraction of sp³-hybridized carbons (Fsp3) is 0.760. The molecule has 0 unspecified atom stereocenters. The van der Waals surface area contributed by atoms with Gasteiger partial charge in [0.25, 0.3) is 0 Å². The Labute approximate surface area is 224 Å². The van der Waals surface area contributed by atoms with Crippen molar-refractivity contribution in [1.29, 1.82) is 0 Å². The SMILES string of the molecule is CC[C@H](C)[C@@H](NC(=O)OC(C)(C)C)c1cn([C@@H](CC(N)=O)C(=O)N2CCN(C(=O)OC(C)(C)C)CC2)nn1. The number of primary amides is 1. The zero-order chi connectivity index (χ0) is 28.8. The molecule has 13 heteroatoms. The molecule has 0 aromatic carbocycles. The van der Waals surface area contributed by atoms with Gasteiger partial charge in [-0.15, -0.1) is 5.10 Å². The van der Waals surface area contributed by atoms with E-state index in [-0.39, 0.29) is 31.3 Å². The maximum atomic E-state index is 13.4. The van der Waals surface area contributed by atoms with Crippen molar-refractivity contribution >= 4 is 24.0 Å². The summed E-state index contributed by atoms with van der Waals surface area (Å²) in [6.45, 7) is 15.8. The fourth-order valence-corrected chi connectivity index (χ4v) is 3.89. The van der Waals surface area contributed by atoms with Gasteiger partial charge in [-0.05, 0) is 47.5 Å². The van der Waals surface area contributed by atoms with E-state index in [4.69, 9.17) is 15.2 Å². The van der Waals surface area contributed by atoms with E-state index in [2.05, 4.69) is 15.6 Å². The number of rotatable bonds is 8. The number of nitrogens with one attached hydrogen (secondary N) is 1. The number of piperazine rings is 1. The minimum Gasteiger partial charge on any atom is -0.444 e. The molecule has 2 rings (SSSR count). The summed E-state index contributed by atoms with van der Waals surface area (Å²) in [5, 5.41) is 11.2. The Kier molecular flexibility index (Phi) is 10.1. The van der Waals surface area contributed by atoms with E-state index in [1.54, 1.807) is 57.5 Å². The van der Waals surface area contributed by atoms with E-state index in [9.17, 15) is 19.2 Å². The molecule has 0 spiro atoms. The zero-order valence-electron chi connectivity index (χ0n) is 23.8. The van der Waals surface area contributed by atoms with Crippen molar-refractivity contribution < 1.29 is 28.7 Å². The van der Waals surface area contributed by atoms with Crippen LogP contribution in [-0.2, 0) is 19.1 Å². The number of carbonyl (C=O) groups is 4. The molecule has 2 heterocycles. The predicted molar refractivity (Wildman–Crippen MR) is 139 cm³/mol. The fourth-order valence-electron chi connectivity index (χ4n) is 3.89. The average Bonchev–Trinajstić information content (AvgIpc) is 3.27. The van der Waals surface area contributed by atoms with Gasteiger partial charge in [0.05, 0.1) is 18.7 Å². The number of hydrogen-bond donors (Lipinski definition) is 2. The van der Waals surface area contributed by atoms with Crippen LogP contribution in [0.25, 0.3) is 0 Å². The highest BCUT2D eigenvalue weighted by molar-refractivity contribution is 5.86. The topological polar surface area (TPSA) is 162 Å². The van der Waals surface area contributed by atoms with Crippen molar-refractivity contribution in [2.75, 3.05) is 26.2 Å². The van der Waals surface area contributed by atoms with Crippen LogP contribution in [0, 0.1) is 5.92 Å². The lowest BCUT2D eigenvalue weighted by molar-refractivity contribution is -0.139. The molecule has 1 fully saturated rings. The summed E-state index contributed by atoms with van der Waals surface area (Å²) in [5.41, 5.74) is 4.61. The lowest BCUT2D eigenvalue weighted by atomic mass is 9.97. The second-order valence-electron chi connectivity index (χ2n) is 11.6. The number of ether oxygens (including phenoxy) is 2. The van der Waals surface area contributed by atoms with Crippen molar-refractivity contribution in [3.63, 3.8) is 0 Å². The van der Waals surface area contributed by atoms with Crippen LogP contribution in [0.15, 0.2) is 6.20 Å². The van der Waals surface area contributed by atoms with Crippen LogP contribution in [0.1, 0.15) is 86.0 Å². The number of nitrogens with two attached hydrogens (primary N) is 1. The first-order valence-corrected chi connectivity index (χ1v) is 13.0. The molecule has 1 aromatic rings. The summed E-state index contributed by atoms with van der Waals surface area (Å²) in [6, 6.07) is -1.54. The first-order chi connectivity index (χ1) is 17.5. The molecule has 1 aliphatic rings. The summed E-state index contributed by atoms with van der Waals surface area (Å²) < 4.78 is 12.1. The van der Waals surface area contributed by atoms with Crippen LogP contribution >= 0.6 is 0 Å². The van der Waals surface area contributed by atoms with Crippen molar-refractivity contribution in [2.45, 2.75) is 91.5 Å². The Morgan fingerprint density at radius 2 is 1.55 bits per heavy atom. The second kappa shape index (κ2) is 12.4. The Bertz CT molecular complexity index is 989. The molecule has 1 aliphatic heterocycles. The number of alkyl carbamates (subject to hydrolysis) is 1. The molecule has 0 bridgehead atoms. The lowest BCUT2D eigenvalue weighted by Gasteiger charge is -2.36. The van der Waals surface area contributed by atoms with Gasteiger partial charge >= 0.3 is 12.2 Å². The highest BCUT2D eigenvalue weighted by atomic mass is 16.6. The third kappa shape index (κ3) is 9.18. The molecule has 0 aliphatic carbocycles. The number of carbonyl (C=O) groups excluding carboxylic acids is 4. The quantitative estimate of drug-likeness (QED) is 0.511. The lowest BCUT2D eigenvalue weighted by Crippen LogP contribution is -2.53. The molecule has 214 valence electrons. The molecular formula is C25H43N7O6. The van der Waals surface area contributed by atoms with Gasteiger partial charge in [-0.25, -0.2) is 14.3 Å². The molecule has 38 heavy (non-hydrogen) atoms. The second-order valence-corrected chi connectivity index (χ2v) is 11.6. The minimum absolute atomic E-state index is 0.0149. The van der Waals surface area contributed by atoms with Crippen molar-refractivity contribution in [3.05, 3.63) is 11.9 Å². The van der Waals surface area contributed by atoms with E-state index in [0.717, 1.165) is 6.42 Å². The number of nitrogens with zero attached hydrogens (tertiary/aromatic N) is 5. The van der Waals surface area contributed by atoms with E-state index < -0.39 is 41.4 Å². The normalized spacial score (nSPS) is 16.8. The smallest absolute Gasteiger partial charge is 0.410 e. The first-order valence-electron chi connectivity index (χ1n) is 13.0. The zero-order valence-corrected chi connectivity index (χ0v) is 23.8. The number of hydrogen-bond acceptors (Lipinski definition) is 8. The van der Waals surface area contributed by atoms with Crippen LogP contribution < -0.4 is 11.1 Å². The van der Waals surface area contributed by atoms with Gasteiger partial charge in [0.2, 0.25) is 11.8 Å². The van der Waals surface area contributed by atoms with Crippen molar-refractivity contribution in [2.24, 2.45) is 11.7 Å². The highest BCUT2D eigenvalue weighted by Gasteiger charge is 2.34. The van der Waals surface area contributed by atoms with Crippen LogP contribution in [-0.4, -0.2) is 86.2 Å². The summed E-state index contributed by atoms with van der Waals surface area (Å²) in [4.78, 5) is 53.3. The van der Waals surface area contributed by atoms with E-state index in [0.29, 0.717) is 18.8 Å². The van der Waals surface area contributed by atoms with Gasteiger partial charge in [0, 0.05) is 26.2 Å². The largest absolute Gasteiger partial charge is 0.444 e. The summed E-state index contributed by atoms with van der Waals surface area (Å²) in [5.74, 6) is -1.04. The number of aromatic nitrogens is 3. The van der Waals surface area contributed by atoms with Gasteiger partial charge in [0.15, 0.2) is 0 Å². The van der Waals surface area contributed by atoms with Crippen LogP contribution in [0.3, 0.4) is 0 Å². The van der Waals surface area contributed by atoms with Crippen LogP contribution in [0.4, 0.5) is 9.59 Å². The molecular weight excluding hydrogens is 494 g/mol. The monoisotopic (exact) mass is 537 g/mol. The molecule has 1 aromatic heterocycles. The third-order valence-electron chi connectivity index (χ3n) is 5.97. The van der Waals surface area contributed by atoms with E-state index in [1.807, 2.05) is 13.8 Å². The van der Waals surface area contributed by atoms with Gasteiger partial charge in [-0.3, -0.25) is 9.59 Å². The molecule has 3 N–H and O–H groups in total. The van der Waals surface area contributed by atoms with Gasteiger partial charge in [0.1, 0.15) is 22.9 Å². The molecule has 13 nitrogen and oxygen atoms in total.